The average molecular weight is 432 g/mol. The van der Waals surface area contributed by atoms with Crippen molar-refractivity contribution in [3.63, 3.8) is 0 Å². The summed E-state index contributed by atoms with van der Waals surface area (Å²) in [4.78, 5) is 14.9. The lowest BCUT2D eigenvalue weighted by atomic mass is 10.1. The van der Waals surface area contributed by atoms with Crippen molar-refractivity contribution in [3.8, 4) is 11.8 Å². The molecule has 2 aromatic carbocycles. The summed E-state index contributed by atoms with van der Waals surface area (Å²) < 4.78 is 18.7. The molecule has 0 radical (unpaired) electrons. The fraction of sp³-hybridized carbons (Fsp3) is 0.280. The van der Waals surface area contributed by atoms with E-state index in [-0.39, 0.29) is 11.7 Å². The topological polar surface area (TPSA) is 70.2 Å². The number of halogens is 1. The summed E-state index contributed by atoms with van der Waals surface area (Å²) in [7, 11) is 0. The number of aromatic amines is 1. The first kappa shape index (κ1) is 21.6. The van der Waals surface area contributed by atoms with E-state index in [2.05, 4.69) is 32.3 Å². The third-order valence-corrected chi connectivity index (χ3v) is 5.28. The molecule has 0 unspecified atom stereocenters. The number of aryl methyl sites for hydroxylation is 1. The second kappa shape index (κ2) is 10.6. The minimum Gasteiger partial charge on any atom is -0.378 e. The summed E-state index contributed by atoms with van der Waals surface area (Å²) in [5.74, 6) is 5.84. The van der Waals surface area contributed by atoms with Crippen LogP contribution in [0.3, 0.4) is 0 Å². The number of benzene rings is 2. The van der Waals surface area contributed by atoms with Gasteiger partial charge in [-0.05, 0) is 60.9 Å². The Balaban J connectivity index is 1.49. The largest absolute Gasteiger partial charge is 0.378 e. The molecule has 0 saturated carbocycles. The Labute approximate surface area is 186 Å². The third kappa shape index (κ3) is 5.74. The molecule has 0 bridgehead atoms. The van der Waals surface area contributed by atoms with Gasteiger partial charge < -0.3 is 15.0 Å². The van der Waals surface area contributed by atoms with Crippen LogP contribution in [-0.2, 0) is 11.2 Å². The molecule has 164 valence electrons. The molecule has 1 aliphatic heterocycles. The Morgan fingerprint density at radius 1 is 1.16 bits per heavy atom. The number of nitrogens with one attached hydrogen (secondary N) is 2. The molecule has 1 amide bonds. The van der Waals surface area contributed by atoms with Gasteiger partial charge in [0.2, 0.25) is 0 Å². The van der Waals surface area contributed by atoms with Crippen molar-refractivity contribution in [1.29, 1.82) is 0 Å². The maximum Gasteiger partial charge on any atom is 0.251 e. The van der Waals surface area contributed by atoms with Crippen molar-refractivity contribution in [2.75, 3.05) is 37.7 Å². The van der Waals surface area contributed by atoms with Crippen molar-refractivity contribution < 1.29 is 13.9 Å². The van der Waals surface area contributed by atoms with Crippen LogP contribution in [0.25, 0.3) is 0 Å². The first-order valence-electron chi connectivity index (χ1n) is 10.7. The summed E-state index contributed by atoms with van der Waals surface area (Å²) >= 11 is 0. The number of amides is 1. The molecule has 6 nitrogen and oxygen atoms in total. The average Bonchev–Trinajstić information content (AvgIpc) is 3.35. The van der Waals surface area contributed by atoms with Crippen LogP contribution in [0.5, 0.6) is 0 Å². The van der Waals surface area contributed by atoms with Gasteiger partial charge >= 0.3 is 0 Å². The molecule has 1 aliphatic rings. The number of carbonyl (C=O) groups excluding carboxylic acids is 1. The zero-order valence-corrected chi connectivity index (χ0v) is 17.7. The van der Waals surface area contributed by atoms with E-state index in [9.17, 15) is 9.18 Å². The number of rotatable bonds is 6. The lowest BCUT2D eigenvalue weighted by Crippen LogP contribution is -2.36. The molecule has 1 saturated heterocycles. The van der Waals surface area contributed by atoms with Crippen LogP contribution in [0.15, 0.2) is 54.9 Å². The molecule has 3 aromatic rings. The standard InChI is InChI=1S/C25H25FN4O2/c26-23-8-4-19(5-9-23)3-6-21-16-22(7-10-24(21)30-12-14-32-15-13-30)25(31)27-11-1-2-20-17-28-29-18-20/h4-5,7-10,16-18H,1-2,11-15H2,(H,27,31)(H,28,29). The molecule has 2 N–H and O–H groups in total. The summed E-state index contributed by atoms with van der Waals surface area (Å²) in [6.45, 7) is 3.43. The normalized spacial score (nSPS) is 13.3. The fourth-order valence-electron chi connectivity index (χ4n) is 3.54. The summed E-state index contributed by atoms with van der Waals surface area (Å²) in [6, 6.07) is 11.7. The number of anilines is 1. The van der Waals surface area contributed by atoms with E-state index >= 15 is 0 Å². The van der Waals surface area contributed by atoms with Crippen LogP contribution < -0.4 is 10.2 Å². The molecule has 0 aliphatic carbocycles. The molecule has 4 rings (SSSR count). The number of hydrogen-bond acceptors (Lipinski definition) is 4. The molecule has 1 aromatic heterocycles. The highest BCUT2D eigenvalue weighted by molar-refractivity contribution is 5.95. The van der Waals surface area contributed by atoms with Crippen LogP contribution in [0.1, 0.15) is 33.5 Å². The Hall–Kier alpha value is -3.63. The second-order valence-electron chi connectivity index (χ2n) is 7.55. The van der Waals surface area contributed by atoms with Gasteiger partial charge in [-0.3, -0.25) is 9.89 Å². The summed E-state index contributed by atoms with van der Waals surface area (Å²) in [6.07, 6.45) is 5.33. The summed E-state index contributed by atoms with van der Waals surface area (Å²) in [5.41, 5.74) is 4.14. The van der Waals surface area contributed by atoms with Gasteiger partial charge in [0.1, 0.15) is 5.82 Å². The number of nitrogens with zero attached hydrogens (tertiary/aromatic N) is 2. The van der Waals surface area contributed by atoms with Crippen LogP contribution in [0, 0.1) is 17.7 Å². The molecule has 0 spiro atoms. The second-order valence-corrected chi connectivity index (χ2v) is 7.55. The van der Waals surface area contributed by atoms with Crippen LogP contribution in [-0.4, -0.2) is 49.0 Å². The SMILES string of the molecule is O=C(NCCCc1cn[nH]c1)c1ccc(N2CCOCC2)c(C#Cc2ccc(F)cc2)c1. The lowest BCUT2D eigenvalue weighted by Gasteiger charge is -2.30. The van der Waals surface area contributed by atoms with E-state index in [1.807, 2.05) is 24.4 Å². The van der Waals surface area contributed by atoms with Crippen molar-refractivity contribution in [1.82, 2.24) is 15.5 Å². The van der Waals surface area contributed by atoms with Crippen LogP contribution in [0.4, 0.5) is 10.1 Å². The van der Waals surface area contributed by atoms with E-state index in [4.69, 9.17) is 4.74 Å². The van der Waals surface area contributed by atoms with Crippen LogP contribution in [0.2, 0.25) is 0 Å². The Morgan fingerprint density at radius 3 is 2.72 bits per heavy atom. The number of H-pyrrole nitrogens is 1. The third-order valence-electron chi connectivity index (χ3n) is 5.28. The lowest BCUT2D eigenvalue weighted by molar-refractivity contribution is 0.0953. The molecule has 1 fully saturated rings. The first-order valence-corrected chi connectivity index (χ1v) is 10.7. The van der Waals surface area contributed by atoms with E-state index < -0.39 is 0 Å². The van der Waals surface area contributed by atoms with Gasteiger partial charge in [-0.15, -0.1) is 0 Å². The monoisotopic (exact) mass is 432 g/mol. The zero-order valence-electron chi connectivity index (χ0n) is 17.7. The molecule has 7 heteroatoms. The molecular formula is C25H25FN4O2. The Bertz CT molecular complexity index is 1100. The zero-order chi connectivity index (χ0) is 22.2. The maximum absolute atomic E-state index is 13.2. The van der Waals surface area contributed by atoms with Crippen molar-refractivity contribution in [3.05, 3.63) is 82.9 Å². The fourth-order valence-corrected chi connectivity index (χ4v) is 3.54. The highest BCUT2D eigenvalue weighted by Crippen LogP contribution is 2.23. The highest BCUT2D eigenvalue weighted by Gasteiger charge is 2.16. The van der Waals surface area contributed by atoms with E-state index in [0.29, 0.717) is 30.9 Å². The van der Waals surface area contributed by atoms with Gasteiger partial charge in [0.15, 0.2) is 0 Å². The molecule has 2 heterocycles. The summed E-state index contributed by atoms with van der Waals surface area (Å²) in [5, 5.41) is 9.69. The van der Waals surface area contributed by atoms with E-state index in [0.717, 1.165) is 42.7 Å². The van der Waals surface area contributed by atoms with Crippen LogP contribution >= 0.6 is 0 Å². The molecule has 32 heavy (non-hydrogen) atoms. The van der Waals surface area contributed by atoms with Gasteiger partial charge in [-0.2, -0.15) is 5.10 Å². The molecule has 0 atom stereocenters. The van der Waals surface area contributed by atoms with Crippen molar-refractivity contribution in [2.45, 2.75) is 12.8 Å². The van der Waals surface area contributed by atoms with Gasteiger partial charge in [-0.25, -0.2) is 4.39 Å². The smallest absolute Gasteiger partial charge is 0.251 e. The highest BCUT2D eigenvalue weighted by atomic mass is 19.1. The quantitative estimate of drug-likeness (QED) is 0.464. The molecular weight excluding hydrogens is 407 g/mol. The number of carbonyl (C=O) groups is 1. The Morgan fingerprint density at radius 2 is 1.97 bits per heavy atom. The number of aromatic nitrogens is 2. The first-order chi connectivity index (χ1) is 15.7. The van der Waals surface area contributed by atoms with E-state index in [1.165, 1.54) is 12.1 Å². The van der Waals surface area contributed by atoms with Gasteiger partial charge in [0.25, 0.3) is 5.91 Å². The number of hydrogen-bond donors (Lipinski definition) is 2. The Kier molecular flexibility index (Phi) is 7.15. The minimum absolute atomic E-state index is 0.129. The predicted octanol–water partition coefficient (Wildman–Crippen LogP) is 3.15. The van der Waals surface area contributed by atoms with Gasteiger partial charge in [0, 0.05) is 42.5 Å². The van der Waals surface area contributed by atoms with E-state index in [1.54, 1.807) is 18.3 Å². The van der Waals surface area contributed by atoms with Crippen molar-refractivity contribution >= 4 is 11.6 Å². The van der Waals surface area contributed by atoms with Crippen molar-refractivity contribution in [2.24, 2.45) is 0 Å². The van der Waals surface area contributed by atoms with Gasteiger partial charge in [0.05, 0.1) is 25.1 Å². The number of morpholine rings is 1. The predicted molar refractivity (Wildman–Crippen MR) is 121 cm³/mol. The minimum atomic E-state index is -0.295. The van der Waals surface area contributed by atoms with Gasteiger partial charge in [-0.1, -0.05) is 11.8 Å². The number of ether oxygens (including phenoxy) is 1. The maximum atomic E-state index is 13.2.